The van der Waals surface area contributed by atoms with Crippen LogP contribution in [0, 0.1) is 11.8 Å². The highest BCUT2D eigenvalue weighted by atomic mass is 16.5. The number of phenolic OH excluding ortho intramolecular Hbond substituents is 1. The summed E-state index contributed by atoms with van der Waals surface area (Å²) in [6.45, 7) is 6.41. The van der Waals surface area contributed by atoms with E-state index in [4.69, 9.17) is 4.74 Å². The number of hydrogen-bond donors (Lipinski definition) is 2. The summed E-state index contributed by atoms with van der Waals surface area (Å²) in [5.74, 6) is 1.73. The molecule has 1 aromatic rings. The number of methoxy groups -OCH3 is 1. The molecule has 4 heteroatoms. The van der Waals surface area contributed by atoms with Crippen molar-refractivity contribution in [3.8, 4) is 11.5 Å². The Kier molecular flexibility index (Phi) is 4.33. The minimum absolute atomic E-state index is 0.212. The van der Waals surface area contributed by atoms with E-state index in [1.54, 1.807) is 7.11 Å². The largest absolute Gasteiger partial charge is 0.504 e. The van der Waals surface area contributed by atoms with Gasteiger partial charge in [0.15, 0.2) is 11.5 Å². The van der Waals surface area contributed by atoms with Gasteiger partial charge >= 0.3 is 0 Å². The lowest BCUT2D eigenvalue weighted by Gasteiger charge is -2.46. The maximum Gasteiger partial charge on any atom is 0.160 e. The van der Waals surface area contributed by atoms with E-state index in [0.717, 1.165) is 32.4 Å². The van der Waals surface area contributed by atoms with Crippen LogP contribution in [0.3, 0.4) is 0 Å². The average molecular weight is 305 g/mol. The molecule has 1 aromatic carbocycles. The number of phenols is 1. The summed E-state index contributed by atoms with van der Waals surface area (Å²) in [5, 5.41) is 20.5. The quantitative estimate of drug-likeness (QED) is 0.901. The molecule has 0 saturated carbocycles. The minimum atomic E-state index is -0.241. The van der Waals surface area contributed by atoms with Gasteiger partial charge in [-0.2, -0.15) is 0 Å². The molecular formula is C18H27NO3. The highest BCUT2D eigenvalue weighted by Crippen LogP contribution is 2.43. The summed E-state index contributed by atoms with van der Waals surface area (Å²) in [5.41, 5.74) is 2.40. The highest BCUT2D eigenvalue weighted by Gasteiger charge is 2.38. The van der Waals surface area contributed by atoms with Gasteiger partial charge in [0.2, 0.25) is 0 Å². The number of nitrogens with zero attached hydrogens (tertiary/aromatic N) is 1. The van der Waals surface area contributed by atoms with Crippen LogP contribution in [0.15, 0.2) is 12.1 Å². The van der Waals surface area contributed by atoms with E-state index in [1.165, 1.54) is 11.1 Å². The van der Waals surface area contributed by atoms with Gasteiger partial charge in [-0.1, -0.05) is 13.8 Å². The Morgan fingerprint density at radius 2 is 2.14 bits per heavy atom. The second-order valence-electron chi connectivity index (χ2n) is 7.18. The molecule has 122 valence electrons. The zero-order valence-corrected chi connectivity index (χ0v) is 13.7. The number of piperidine rings is 1. The molecule has 2 aliphatic rings. The van der Waals surface area contributed by atoms with Gasteiger partial charge in [0.05, 0.1) is 13.2 Å². The molecule has 2 heterocycles. The number of aromatic hydroxyl groups is 1. The third kappa shape index (κ3) is 2.82. The van der Waals surface area contributed by atoms with Crippen molar-refractivity contribution in [3.63, 3.8) is 0 Å². The number of hydrogen-bond acceptors (Lipinski definition) is 4. The number of fused-ring (bicyclic) bond motifs is 3. The van der Waals surface area contributed by atoms with Crippen LogP contribution in [0.4, 0.5) is 0 Å². The molecule has 0 aromatic heterocycles. The van der Waals surface area contributed by atoms with E-state index < -0.39 is 0 Å². The van der Waals surface area contributed by atoms with Crippen LogP contribution in [0.2, 0.25) is 0 Å². The predicted octanol–water partition coefficient (Wildman–Crippen LogP) is 2.73. The van der Waals surface area contributed by atoms with Crippen LogP contribution in [-0.2, 0) is 6.42 Å². The van der Waals surface area contributed by atoms with Crippen LogP contribution in [0.25, 0.3) is 0 Å². The fourth-order valence-corrected chi connectivity index (χ4v) is 4.11. The second-order valence-corrected chi connectivity index (χ2v) is 7.18. The van der Waals surface area contributed by atoms with Gasteiger partial charge in [0.25, 0.3) is 0 Å². The van der Waals surface area contributed by atoms with Gasteiger partial charge in [-0.3, -0.25) is 4.90 Å². The Bertz CT molecular complexity index is 543. The summed E-state index contributed by atoms with van der Waals surface area (Å²) in [6.07, 6.45) is 2.57. The van der Waals surface area contributed by atoms with Gasteiger partial charge in [0, 0.05) is 19.1 Å². The van der Waals surface area contributed by atoms with E-state index in [9.17, 15) is 10.2 Å². The van der Waals surface area contributed by atoms with Gasteiger partial charge in [-0.15, -0.1) is 0 Å². The lowest BCUT2D eigenvalue weighted by atomic mass is 9.79. The smallest absolute Gasteiger partial charge is 0.160 e. The molecule has 2 N–H and O–H groups in total. The number of ether oxygens (including phenoxy) is 1. The first-order valence-electron chi connectivity index (χ1n) is 8.31. The van der Waals surface area contributed by atoms with Crippen LogP contribution in [0.5, 0.6) is 11.5 Å². The molecule has 0 amide bonds. The Labute approximate surface area is 132 Å². The van der Waals surface area contributed by atoms with Crippen molar-refractivity contribution in [2.24, 2.45) is 11.8 Å². The summed E-state index contributed by atoms with van der Waals surface area (Å²) < 4.78 is 5.26. The van der Waals surface area contributed by atoms with Gasteiger partial charge in [-0.05, 0) is 54.4 Å². The van der Waals surface area contributed by atoms with Crippen LogP contribution in [0.1, 0.15) is 43.9 Å². The molecule has 4 nitrogen and oxygen atoms in total. The molecule has 0 bridgehead atoms. The second kappa shape index (κ2) is 6.09. The standard InChI is InChI=1S/C18H27NO3/c1-11(2)6-13-10-19-5-4-12-7-17(21)18(22-3)8-14(12)15(19)9-16(13)20/h7-8,11,13,15-16,20-21H,4-6,9-10H2,1-3H3/t13?,15-,16?/m1/s1. The number of aliphatic hydroxyl groups is 1. The van der Waals surface area contributed by atoms with Crippen molar-refractivity contribution in [1.29, 1.82) is 0 Å². The fraction of sp³-hybridized carbons (Fsp3) is 0.667. The summed E-state index contributed by atoms with van der Waals surface area (Å²) >= 11 is 0. The van der Waals surface area contributed by atoms with E-state index in [0.29, 0.717) is 17.6 Å². The van der Waals surface area contributed by atoms with Crippen molar-refractivity contribution < 1.29 is 14.9 Å². The minimum Gasteiger partial charge on any atom is -0.504 e. The molecule has 2 unspecified atom stereocenters. The first-order valence-corrected chi connectivity index (χ1v) is 8.31. The fourth-order valence-electron chi connectivity index (χ4n) is 4.11. The Hall–Kier alpha value is -1.26. The maximum absolute atomic E-state index is 10.6. The molecule has 3 rings (SSSR count). The monoisotopic (exact) mass is 305 g/mol. The molecule has 0 aliphatic carbocycles. The Morgan fingerprint density at radius 1 is 1.36 bits per heavy atom. The third-order valence-electron chi connectivity index (χ3n) is 5.16. The molecular weight excluding hydrogens is 278 g/mol. The molecule has 2 aliphatic heterocycles. The molecule has 0 spiro atoms. The van der Waals surface area contributed by atoms with Gasteiger partial charge < -0.3 is 14.9 Å². The summed E-state index contributed by atoms with van der Waals surface area (Å²) in [7, 11) is 1.58. The van der Waals surface area contributed by atoms with E-state index in [-0.39, 0.29) is 17.9 Å². The molecule has 22 heavy (non-hydrogen) atoms. The Balaban J connectivity index is 1.86. The summed E-state index contributed by atoms with van der Waals surface area (Å²) in [4.78, 5) is 2.50. The van der Waals surface area contributed by atoms with Gasteiger partial charge in [-0.25, -0.2) is 0 Å². The average Bonchev–Trinajstić information content (AvgIpc) is 2.47. The topological polar surface area (TPSA) is 52.9 Å². The van der Waals surface area contributed by atoms with Crippen LogP contribution < -0.4 is 4.74 Å². The summed E-state index contributed by atoms with van der Waals surface area (Å²) in [6, 6.07) is 4.03. The lowest BCUT2D eigenvalue weighted by molar-refractivity contribution is -0.0191. The normalized spacial score (nSPS) is 28.3. The van der Waals surface area contributed by atoms with Crippen molar-refractivity contribution in [2.45, 2.75) is 45.3 Å². The number of aliphatic hydroxyl groups excluding tert-OH is 1. The van der Waals surface area contributed by atoms with E-state index in [2.05, 4.69) is 18.7 Å². The first-order chi connectivity index (χ1) is 10.5. The lowest BCUT2D eigenvalue weighted by Crippen LogP contribution is -2.48. The SMILES string of the molecule is COc1cc2c(cc1O)CCN1CC(CC(C)C)C(O)C[C@H]21. The van der Waals surface area contributed by atoms with Crippen molar-refractivity contribution in [1.82, 2.24) is 4.90 Å². The van der Waals surface area contributed by atoms with E-state index in [1.807, 2.05) is 12.1 Å². The van der Waals surface area contributed by atoms with Crippen molar-refractivity contribution >= 4 is 0 Å². The van der Waals surface area contributed by atoms with Crippen molar-refractivity contribution in [2.75, 3.05) is 20.2 Å². The molecule has 1 saturated heterocycles. The van der Waals surface area contributed by atoms with Gasteiger partial charge in [0.1, 0.15) is 0 Å². The molecule has 0 radical (unpaired) electrons. The predicted molar refractivity (Wildman–Crippen MR) is 86.2 cm³/mol. The molecule has 3 atom stereocenters. The maximum atomic E-state index is 10.6. The third-order valence-corrected chi connectivity index (χ3v) is 5.16. The van der Waals surface area contributed by atoms with E-state index >= 15 is 0 Å². The highest BCUT2D eigenvalue weighted by molar-refractivity contribution is 5.48. The van der Waals surface area contributed by atoms with Crippen LogP contribution >= 0.6 is 0 Å². The first kappa shape index (κ1) is 15.6. The molecule has 1 fully saturated rings. The van der Waals surface area contributed by atoms with Crippen LogP contribution in [-0.4, -0.2) is 41.4 Å². The zero-order valence-electron chi connectivity index (χ0n) is 13.7. The zero-order chi connectivity index (χ0) is 15.9. The Morgan fingerprint density at radius 3 is 2.82 bits per heavy atom. The number of benzene rings is 1. The number of rotatable bonds is 3. The van der Waals surface area contributed by atoms with Crippen molar-refractivity contribution in [3.05, 3.63) is 23.3 Å².